The van der Waals surface area contributed by atoms with Crippen LogP contribution in [0.15, 0.2) is 78.9 Å². The summed E-state index contributed by atoms with van der Waals surface area (Å²) in [6.07, 6.45) is 0.869. The second-order valence-corrected chi connectivity index (χ2v) is 10.2. The van der Waals surface area contributed by atoms with Gasteiger partial charge in [0.05, 0.1) is 21.4 Å². The Morgan fingerprint density at radius 1 is 0.833 bits per heavy atom. The average molecular weight is 694 g/mol. The van der Waals surface area contributed by atoms with E-state index in [-0.39, 0.29) is 55.5 Å². The summed E-state index contributed by atoms with van der Waals surface area (Å²) >= 11 is 12.6. The Labute approximate surface area is 282 Å². The van der Waals surface area contributed by atoms with Crippen LogP contribution in [0.5, 0.6) is 0 Å². The number of nitrogens with one attached hydrogen (secondary N) is 1. The molecule has 0 unspecified atom stereocenters. The van der Waals surface area contributed by atoms with Crippen LogP contribution in [0.2, 0.25) is 10.0 Å². The highest BCUT2D eigenvalue weighted by molar-refractivity contribution is 6.43. The predicted octanol–water partition coefficient (Wildman–Crippen LogP) is 7.78. The van der Waals surface area contributed by atoms with E-state index in [0.717, 1.165) is 67.6 Å². The lowest BCUT2D eigenvalue weighted by Crippen LogP contribution is -2.47. The maximum atomic E-state index is 13.2. The van der Waals surface area contributed by atoms with E-state index in [1.54, 1.807) is 0 Å². The zero-order valence-electron chi connectivity index (χ0n) is 23.0. The molecule has 228 valence electrons. The summed E-state index contributed by atoms with van der Waals surface area (Å²) in [5.74, 6) is 0.618. The first kappa shape index (κ1) is 37.9. The third-order valence-corrected chi connectivity index (χ3v) is 7.76. The highest BCUT2D eigenvalue weighted by Gasteiger charge is 2.22. The fourth-order valence-corrected chi connectivity index (χ4v) is 5.34. The lowest BCUT2D eigenvalue weighted by molar-refractivity contribution is 0.0946. The molecule has 0 spiro atoms. The normalized spacial score (nSPS) is 12.7. The molecule has 1 N–H and O–H groups in total. The van der Waals surface area contributed by atoms with E-state index in [1.165, 1.54) is 0 Å². The number of piperazine rings is 1. The number of rotatable bonds is 8. The van der Waals surface area contributed by atoms with E-state index in [1.807, 2.05) is 85.8 Å². The van der Waals surface area contributed by atoms with Gasteiger partial charge in [0.15, 0.2) is 0 Å². The zero-order chi connectivity index (χ0) is 26.5. The van der Waals surface area contributed by atoms with Gasteiger partial charge >= 0.3 is 0 Å². The van der Waals surface area contributed by atoms with E-state index < -0.39 is 0 Å². The molecule has 0 bridgehead atoms. The van der Waals surface area contributed by atoms with E-state index >= 15 is 0 Å². The largest absolute Gasteiger partial charge is 0.368 e. The van der Waals surface area contributed by atoms with Crippen LogP contribution in [-0.2, 0) is 0 Å². The number of carbonyl (C=O) groups is 1. The van der Waals surface area contributed by atoms with Gasteiger partial charge in [-0.05, 0) is 44.2 Å². The molecule has 1 aromatic heterocycles. The molecule has 3 aromatic carbocycles. The number of para-hydroxylation sites is 1. The Morgan fingerprint density at radius 2 is 1.45 bits per heavy atom. The van der Waals surface area contributed by atoms with Crippen LogP contribution < -0.4 is 10.2 Å². The van der Waals surface area contributed by atoms with Crippen LogP contribution in [0.1, 0.15) is 22.6 Å². The third-order valence-electron chi connectivity index (χ3n) is 6.95. The molecule has 0 atom stereocenters. The summed E-state index contributed by atoms with van der Waals surface area (Å²) in [5, 5.41) is 4.29. The van der Waals surface area contributed by atoms with Crippen molar-refractivity contribution in [1.82, 2.24) is 19.8 Å². The maximum Gasteiger partial charge on any atom is 0.271 e. The van der Waals surface area contributed by atoms with Gasteiger partial charge in [-0.3, -0.25) is 14.3 Å². The Morgan fingerprint density at radius 3 is 2.10 bits per heavy atom. The maximum absolute atomic E-state index is 13.2. The van der Waals surface area contributed by atoms with E-state index in [2.05, 4.69) is 19.7 Å². The van der Waals surface area contributed by atoms with Crippen molar-refractivity contribution in [3.05, 3.63) is 100 Å². The number of aromatic nitrogens is 2. The van der Waals surface area contributed by atoms with Gasteiger partial charge in [0.1, 0.15) is 11.5 Å². The number of carbonyl (C=O) groups excluding carboxylic acids is 1. The summed E-state index contributed by atoms with van der Waals surface area (Å²) in [6.45, 7) is 7.14. The van der Waals surface area contributed by atoms with Gasteiger partial charge in [-0.2, -0.15) is 0 Å². The molecule has 1 fully saturated rings. The van der Waals surface area contributed by atoms with Gasteiger partial charge in [0.25, 0.3) is 5.91 Å². The van der Waals surface area contributed by atoms with E-state index in [4.69, 9.17) is 28.2 Å². The van der Waals surface area contributed by atoms with Gasteiger partial charge in [-0.25, -0.2) is 4.98 Å². The van der Waals surface area contributed by atoms with Crippen molar-refractivity contribution in [2.24, 2.45) is 0 Å². The lowest BCUT2D eigenvalue weighted by Gasteiger charge is -2.36. The Balaban J connectivity index is 0.00000220. The summed E-state index contributed by atoms with van der Waals surface area (Å²) in [4.78, 5) is 22.7. The first-order valence-corrected chi connectivity index (χ1v) is 13.7. The highest BCUT2D eigenvalue weighted by atomic mass is 35.5. The van der Waals surface area contributed by atoms with Crippen molar-refractivity contribution >= 4 is 84.4 Å². The molecule has 1 saturated heterocycles. The van der Waals surface area contributed by atoms with Gasteiger partial charge < -0.3 is 10.2 Å². The number of amides is 1. The van der Waals surface area contributed by atoms with Gasteiger partial charge in [0, 0.05) is 44.0 Å². The molecule has 0 aliphatic carbocycles. The van der Waals surface area contributed by atoms with Crippen molar-refractivity contribution in [2.45, 2.75) is 13.3 Å². The SMILES string of the molecule is Cc1c(C(=O)NCCCN2CCN(c3cccc(Cl)c3Cl)CC2)nc(-c2ccccc2)n1-c1ccccc1.Cl.Cl.Cl.Cl. The molecule has 1 amide bonds. The first-order valence-electron chi connectivity index (χ1n) is 12.9. The van der Waals surface area contributed by atoms with Gasteiger partial charge in [-0.1, -0.05) is 77.8 Å². The van der Waals surface area contributed by atoms with Crippen LogP contribution in [0.4, 0.5) is 5.69 Å². The number of hydrogen-bond donors (Lipinski definition) is 1. The predicted molar refractivity (Wildman–Crippen MR) is 185 cm³/mol. The Bertz CT molecular complexity index is 1400. The van der Waals surface area contributed by atoms with Gasteiger partial charge in [0.2, 0.25) is 0 Å². The molecule has 5 rings (SSSR count). The minimum Gasteiger partial charge on any atom is -0.368 e. The lowest BCUT2D eigenvalue weighted by atomic mass is 10.2. The summed E-state index contributed by atoms with van der Waals surface area (Å²) in [6, 6.07) is 25.8. The van der Waals surface area contributed by atoms with Gasteiger partial charge in [-0.15, -0.1) is 49.6 Å². The average Bonchev–Trinajstić information content (AvgIpc) is 3.31. The molecular weight excluding hydrogens is 659 g/mol. The van der Waals surface area contributed by atoms with Crippen molar-refractivity contribution in [1.29, 1.82) is 0 Å². The molecule has 1 aliphatic heterocycles. The molecule has 1 aliphatic rings. The topological polar surface area (TPSA) is 53.4 Å². The second-order valence-electron chi connectivity index (χ2n) is 9.42. The molecule has 12 heteroatoms. The number of halogens is 6. The fraction of sp³-hybridized carbons (Fsp3) is 0.267. The molecule has 6 nitrogen and oxygen atoms in total. The highest BCUT2D eigenvalue weighted by Crippen LogP contribution is 2.33. The van der Waals surface area contributed by atoms with E-state index in [9.17, 15) is 4.79 Å². The van der Waals surface area contributed by atoms with Crippen molar-refractivity contribution < 1.29 is 4.79 Å². The smallest absolute Gasteiger partial charge is 0.271 e. The molecule has 0 radical (unpaired) electrons. The molecular formula is C30H35Cl6N5O. The number of anilines is 1. The summed E-state index contributed by atoms with van der Waals surface area (Å²) < 4.78 is 2.05. The van der Waals surface area contributed by atoms with Crippen LogP contribution in [-0.4, -0.2) is 59.6 Å². The number of imidazole rings is 1. The quantitative estimate of drug-likeness (QED) is 0.192. The van der Waals surface area contributed by atoms with Crippen LogP contribution in [0.3, 0.4) is 0 Å². The zero-order valence-corrected chi connectivity index (χ0v) is 27.8. The van der Waals surface area contributed by atoms with Crippen molar-refractivity contribution in [3.8, 4) is 17.1 Å². The third kappa shape index (κ3) is 8.70. The minimum atomic E-state index is -0.144. The standard InChI is InChI=1S/C30H31Cl2N5O.4ClH/c1-22-28(34-29(23-10-4-2-5-11-23)37(22)24-12-6-3-7-13-24)30(38)33-16-9-17-35-18-20-36(21-19-35)26-15-8-14-25(31)27(26)32;;;;/h2-8,10-15H,9,16-21H2,1H3,(H,33,38);4*1H. The molecule has 42 heavy (non-hydrogen) atoms. The van der Waals surface area contributed by atoms with Crippen LogP contribution in [0.25, 0.3) is 17.1 Å². The fourth-order valence-electron chi connectivity index (χ4n) is 4.93. The first-order chi connectivity index (χ1) is 18.5. The Kier molecular flexibility index (Phi) is 16.1. The molecule has 2 heterocycles. The van der Waals surface area contributed by atoms with Crippen molar-refractivity contribution in [2.75, 3.05) is 44.2 Å². The van der Waals surface area contributed by atoms with Crippen LogP contribution >= 0.6 is 72.8 Å². The molecule has 4 aromatic rings. The van der Waals surface area contributed by atoms with Crippen molar-refractivity contribution in [3.63, 3.8) is 0 Å². The number of nitrogens with zero attached hydrogens (tertiary/aromatic N) is 4. The number of hydrogen-bond acceptors (Lipinski definition) is 4. The molecule has 0 saturated carbocycles. The van der Waals surface area contributed by atoms with Crippen LogP contribution in [0, 0.1) is 6.92 Å². The summed E-state index contributed by atoms with van der Waals surface area (Å²) in [5.41, 5.74) is 4.22. The summed E-state index contributed by atoms with van der Waals surface area (Å²) in [7, 11) is 0. The minimum absolute atomic E-state index is 0. The monoisotopic (exact) mass is 691 g/mol. The Hall–Kier alpha value is -2.16. The number of benzene rings is 3. The second kappa shape index (κ2) is 17.8. The van der Waals surface area contributed by atoms with E-state index in [0.29, 0.717) is 22.3 Å².